The van der Waals surface area contributed by atoms with E-state index in [0.717, 1.165) is 43.8 Å². The van der Waals surface area contributed by atoms with Crippen LogP contribution in [0.15, 0.2) is 71.1 Å². The third kappa shape index (κ3) is 5.32. The molecular weight excluding hydrogens is 470 g/mol. The summed E-state index contributed by atoms with van der Waals surface area (Å²) in [5.41, 5.74) is 3.77. The number of aromatic nitrogens is 1. The topological polar surface area (TPSA) is 114 Å². The molecule has 0 atom stereocenters. The normalized spacial score (nSPS) is 13.8. The summed E-state index contributed by atoms with van der Waals surface area (Å²) in [7, 11) is 0. The predicted octanol–water partition coefficient (Wildman–Crippen LogP) is 4.48. The molecule has 0 spiro atoms. The smallest absolute Gasteiger partial charge is 0.270 e. The number of non-ortho nitro benzene ring substituents is 1. The molecule has 1 aromatic heterocycles. The summed E-state index contributed by atoms with van der Waals surface area (Å²) in [6.45, 7) is 4.69. The van der Waals surface area contributed by atoms with Crippen molar-refractivity contribution in [2.24, 2.45) is 0 Å². The number of anilines is 1. The van der Waals surface area contributed by atoms with Gasteiger partial charge in [0.05, 0.1) is 16.2 Å². The van der Waals surface area contributed by atoms with E-state index in [0.29, 0.717) is 22.7 Å². The van der Waals surface area contributed by atoms with Gasteiger partial charge in [-0.1, -0.05) is 30.3 Å². The van der Waals surface area contributed by atoms with Gasteiger partial charge in [0.1, 0.15) is 5.52 Å². The van der Waals surface area contributed by atoms with Crippen molar-refractivity contribution in [2.75, 3.05) is 31.5 Å². The van der Waals surface area contributed by atoms with E-state index in [9.17, 15) is 14.9 Å². The predicted molar refractivity (Wildman–Crippen MR) is 136 cm³/mol. The van der Waals surface area contributed by atoms with Crippen molar-refractivity contribution in [3.8, 4) is 11.5 Å². The van der Waals surface area contributed by atoms with Gasteiger partial charge >= 0.3 is 0 Å². The minimum atomic E-state index is -0.527. The number of carbonyl (C=O) groups is 1. The van der Waals surface area contributed by atoms with Crippen LogP contribution in [0.3, 0.4) is 0 Å². The summed E-state index contributed by atoms with van der Waals surface area (Å²) in [5.74, 6) is -0.0515. The number of oxazole rings is 1. The van der Waals surface area contributed by atoms with E-state index in [1.165, 1.54) is 24.3 Å². The van der Waals surface area contributed by atoms with E-state index in [1.54, 1.807) is 12.1 Å². The molecule has 0 bridgehead atoms. The lowest BCUT2D eigenvalue weighted by molar-refractivity contribution is -0.384. The Bertz CT molecular complexity index is 1370. The summed E-state index contributed by atoms with van der Waals surface area (Å²) in [5, 5.41) is 17.3. The second kappa shape index (κ2) is 10.6. The Labute approximate surface area is 207 Å². The lowest BCUT2D eigenvalue weighted by Crippen LogP contribution is -2.42. The highest BCUT2D eigenvalue weighted by atomic mass is 35.5. The zero-order chi connectivity index (χ0) is 23.5. The minimum Gasteiger partial charge on any atom is -0.436 e. The van der Waals surface area contributed by atoms with Crippen molar-refractivity contribution >= 4 is 40.8 Å². The van der Waals surface area contributed by atoms with Gasteiger partial charge in [0, 0.05) is 50.4 Å². The van der Waals surface area contributed by atoms with Crippen molar-refractivity contribution in [1.82, 2.24) is 15.2 Å². The van der Waals surface area contributed by atoms with Gasteiger partial charge in [0.2, 0.25) is 5.89 Å². The lowest BCUT2D eigenvalue weighted by Gasteiger charge is -2.27. The quantitative estimate of drug-likeness (QED) is 0.300. The van der Waals surface area contributed by atoms with Crippen LogP contribution in [0.25, 0.3) is 22.6 Å². The Morgan fingerprint density at radius 2 is 1.86 bits per heavy atom. The number of hydrogen-bond acceptors (Lipinski definition) is 7. The Morgan fingerprint density at radius 1 is 1.09 bits per heavy atom. The van der Waals surface area contributed by atoms with Crippen LogP contribution in [-0.4, -0.2) is 46.9 Å². The average Bonchev–Trinajstić information content (AvgIpc) is 3.30. The number of rotatable bonds is 6. The molecule has 1 fully saturated rings. The van der Waals surface area contributed by atoms with Crippen molar-refractivity contribution < 1.29 is 14.1 Å². The third-order valence-corrected chi connectivity index (χ3v) is 5.83. The van der Waals surface area contributed by atoms with Crippen LogP contribution < -0.4 is 10.6 Å². The second-order valence-corrected chi connectivity index (χ2v) is 8.12. The zero-order valence-electron chi connectivity index (χ0n) is 18.8. The van der Waals surface area contributed by atoms with E-state index in [1.807, 2.05) is 24.3 Å². The molecule has 3 aromatic carbocycles. The molecule has 2 heterocycles. The number of hydrogen-bond donors (Lipinski definition) is 2. The van der Waals surface area contributed by atoms with Gasteiger partial charge in [0.15, 0.2) is 5.58 Å². The van der Waals surface area contributed by atoms with E-state index in [2.05, 4.69) is 21.6 Å². The summed E-state index contributed by atoms with van der Waals surface area (Å²) >= 11 is 0. The number of carbonyl (C=O) groups excluding carboxylic acids is 1. The molecule has 0 radical (unpaired) electrons. The molecule has 0 unspecified atom stereocenters. The highest BCUT2D eigenvalue weighted by Gasteiger charge is 2.19. The van der Waals surface area contributed by atoms with Crippen molar-refractivity contribution in [3.63, 3.8) is 0 Å². The zero-order valence-corrected chi connectivity index (χ0v) is 19.6. The molecular formula is C25H24ClN5O4. The molecule has 9 nitrogen and oxygen atoms in total. The number of nitrogens with zero attached hydrogens (tertiary/aromatic N) is 3. The summed E-state index contributed by atoms with van der Waals surface area (Å²) in [6, 6.07) is 18.7. The van der Waals surface area contributed by atoms with E-state index < -0.39 is 10.8 Å². The number of amides is 1. The number of nitrogens with one attached hydrogen (secondary N) is 2. The monoisotopic (exact) mass is 493 g/mol. The second-order valence-electron chi connectivity index (χ2n) is 8.12. The Morgan fingerprint density at radius 3 is 2.66 bits per heavy atom. The van der Waals surface area contributed by atoms with E-state index in [4.69, 9.17) is 9.40 Å². The number of nitro benzene ring substituents is 1. The maximum absolute atomic E-state index is 12.8. The van der Waals surface area contributed by atoms with Gasteiger partial charge in [-0.05, 0) is 29.8 Å². The molecule has 1 aliphatic rings. The van der Waals surface area contributed by atoms with Crippen molar-refractivity contribution in [1.29, 1.82) is 0 Å². The van der Waals surface area contributed by atoms with Crippen LogP contribution in [0.1, 0.15) is 15.9 Å². The fourth-order valence-electron chi connectivity index (χ4n) is 4.09. The lowest BCUT2D eigenvalue weighted by atomic mass is 10.1. The first kappa shape index (κ1) is 24.3. The molecule has 0 aliphatic carbocycles. The number of piperazine rings is 1. The van der Waals surface area contributed by atoms with Crippen LogP contribution >= 0.6 is 12.4 Å². The number of benzene rings is 3. The number of nitro groups is 1. The van der Waals surface area contributed by atoms with Crippen LogP contribution in [0.4, 0.5) is 11.4 Å². The molecule has 35 heavy (non-hydrogen) atoms. The van der Waals surface area contributed by atoms with E-state index in [-0.39, 0.29) is 23.7 Å². The first-order valence-corrected chi connectivity index (χ1v) is 11.1. The number of fused-ring (bicyclic) bond motifs is 1. The van der Waals surface area contributed by atoms with Gasteiger partial charge < -0.3 is 15.1 Å². The Hall–Kier alpha value is -3.79. The number of halogens is 1. The molecule has 5 rings (SSSR count). The van der Waals surface area contributed by atoms with Crippen LogP contribution in [-0.2, 0) is 6.54 Å². The van der Waals surface area contributed by atoms with Crippen LogP contribution in [0.5, 0.6) is 0 Å². The standard InChI is InChI=1S/C25H23N5O4.ClH/c31-24(17-5-3-7-19(15-17)30(32)33)27-21-9-2-1-8-20(21)25-28-23-18(6-4-10-22(23)34-25)16-29-13-11-26-12-14-29;/h1-10,15,26H,11-14,16H2,(H,27,31);1H. The molecule has 4 aromatic rings. The number of para-hydroxylation sites is 2. The Balaban J connectivity index is 0.00000289. The Kier molecular flexibility index (Phi) is 7.40. The first-order chi connectivity index (χ1) is 16.6. The summed E-state index contributed by atoms with van der Waals surface area (Å²) < 4.78 is 6.08. The van der Waals surface area contributed by atoms with Crippen LogP contribution in [0, 0.1) is 10.1 Å². The third-order valence-electron chi connectivity index (χ3n) is 5.83. The molecule has 1 amide bonds. The maximum Gasteiger partial charge on any atom is 0.270 e. The summed E-state index contributed by atoms with van der Waals surface area (Å²) in [6.07, 6.45) is 0. The average molecular weight is 494 g/mol. The molecule has 1 aliphatic heterocycles. The van der Waals surface area contributed by atoms with Gasteiger partial charge in [0.25, 0.3) is 11.6 Å². The fraction of sp³-hybridized carbons (Fsp3) is 0.200. The first-order valence-electron chi connectivity index (χ1n) is 11.1. The van der Waals surface area contributed by atoms with E-state index >= 15 is 0 Å². The molecule has 1 saturated heterocycles. The minimum absolute atomic E-state index is 0. The maximum atomic E-state index is 12.8. The van der Waals surface area contributed by atoms with Gasteiger partial charge in [-0.25, -0.2) is 4.98 Å². The molecule has 180 valence electrons. The largest absolute Gasteiger partial charge is 0.436 e. The SMILES string of the molecule is Cl.O=C(Nc1ccccc1-c1nc2c(CN3CCNCC3)cccc2o1)c1cccc([N+](=O)[O-])c1. The highest BCUT2D eigenvalue weighted by molar-refractivity contribution is 6.06. The van der Waals surface area contributed by atoms with Gasteiger partial charge in [-0.3, -0.25) is 19.8 Å². The molecule has 10 heteroatoms. The highest BCUT2D eigenvalue weighted by Crippen LogP contribution is 2.32. The molecule has 0 saturated carbocycles. The van der Waals surface area contributed by atoms with Gasteiger partial charge in [-0.15, -0.1) is 12.4 Å². The van der Waals surface area contributed by atoms with Crippen molar-refractivity contribution in [3.05, 3.63) is 88.0 Å². The van der Waals surface area contributed by atoms with Crippen molar-refractivity contribution in [2.45, 2.75) is 6.54 Å². The summed E-state index contributed by atoms with van der Waals surface area (Å²) in [4.78, 5) is 30.5. The van der Waals surface area contributed by atoms with Gasteiger partial charge in [-0.2, -0.15) is 0 Å². The fourth-order valence-corrected chi connectivity index (χ4v) is 4.09. The van der Waals surface area contributed by atoms with Crippen LogP contribution in [0.2, 0.25) is 0 Å². The molecule has 2 N–H and O–H groups in total.